The SMILES string of the molecule is COc1ccc(C(=O)O)c(NC2CCCCC2C(C)C)c1. The topological polar surface area (TPSA) is 58.6 Å². The molecule has 2 unspecified atom stereocenters. The first-order valence-corrected chi connectivity index (χ1v) is 7.70. The average Bonchev–Trinajstić information content (AvgIpc) is 2.47. The Morgan fingerprint density at radius 3 is 2.67 bits per heavy atom. The van der Waals surface area contributed by atoms with Crippen LogP contribution in [0.15, 0.2) is 18.2 Å². The number of anilines is 1. The lowest BCUT2D eigenvalue weighted by atomic mass is 9.77. The highest BCUT2D eigenvalue weighted by Crippen LogP contribution is 2.34. The van der Waals surface area contributed by atoms with Gasteiger partial charge in [0.1, 0.15) is 5.75 Å². The molecule has 1 aliphatic rings. The monoisotopic (exact) mass is 291 g/mol. The van der Waals surface area contributed by atoms with Gasteiger partial charge in [-0.05, 0) is 36.8 Å². The fourth-order valence-corrected chi connectivity index (χ4v) is 3.29. The molecule has 0 bridgehead atoms. The lowest BCUT2D eigenvalue weighted by molar-refractivity contribution is 0.0697. The normalized spacial score (nSPS) is 22.1. The Kier molecular flexibility index (Phi) is 5.10. The van der Waals surface area contributed by atoms with Gasteiger partial charge in [-0.25, -0.2) is 4.79 Å². The second kappa shape index (κ2) is 6.83. The van der Waals surface area contributed by atoms with E-state index in [1.165, 1.54) is 19.3 Å². The first kappa shape index (κ1) is 15.7. The van der Waals surface area contributed by atoms with E-state index in [2.05, 4.69) is 19.2 Å². The van der Waals surface area contributed by atoms with Gasteiger partial charge >= 0.3 is 5.97 Å². The maximum absolute atomic E-state index is 11.4. The van der Waals surface area contributed by atoms with E-state index >= 15 is 0 Å². The first-order chi connectivity index (χ1) is 10.0. The van der Waals surface area contributed by atoms with E-state index < -0.39 is 5.97 Å². The summed E-state index contributed by atoms with van der Waals surface area (Å²) >= 11 is 0. The van der Waals surface area contributed by atoms with Gasteiger partial charge in [0.15, 0.2) is 0 Å². The molecule has 0 radical (unpaired) electrons. The third-order valence-corrected chi connectivity index (χ3v) is 4.47. The molecule has 2 atom stereocenters. The number of hydrogen-bond donors (Lipinski definition) is 2. The van der Waals surface area contributed by atoms with Crippen LogP contribution in [-0.2, 0) is 0 Å². The van der Waals surface area contributed by atoms with Crippen molar-refractivity contribution in [1.82, 2.24) is 0 Å². The van der Waals surface area contributed by atoms with Crippen LogP contribution in [0.25, 0.3) is 0 Å². The summed E-state index contributed by atoms with van der Waals surface area (Å²) in [6, 6.07) is 5.42. The van der Waals surface area contributed by atoms with Crippen molar-refractivity contribution in [3.63, 3.8) is 0 Å². The van der Waals surface area contributed by atoms with E-state index in [-0.39, 0.29) is 0 Å². The van der Waals surface area contributed by atoms with Gasteiger partial charge in [-0.3, -0.25) is 0 Å². The van der Waals surface area contributed by atoms with Gasteiger partial charge in [0.2, 0.25) is 0 Å². The minimum atomic E-state index is -0.906. The molecule has 1 aromatic carbocycles. The van der Waals surface area contributed by atoms with Crippen molar-refractivity contribution in [2.24, 2.45) is 11.8 Å². The van der Waals surface area contributed by atoms with Gasteiger partial charge in [0, 0.05) is 12.1 Å². The zero-order valence-corrected chi connectivity index (χ0v) is 13.1. The van der Waals surface area contributed by atoms with E-state index in [9.17, 15) is 9.90 Å². The van der Waals surface area contributed by atoms with Crippen LogP contribution in [0.2, 0.25) is 0 Å². The van der Waals surface area contributed by atoms with E-state index in [1.807, 2.05) is 0 Å². The van der Waals surface area contributed by atoms with Crippen molar-refractivity contribution < 1.29 is 14.6 Å². The van der Waals surface area contributed by atoms with Gasteiger partial charge in [-0.2, -0.15) is 0 Å². The number of benzene rings is 1. The zero-order chi connectivity index (χ0) is 15.4. The third-order valence-electron chi connectivity index (χ3n) is 4.47. The van der Waals surface area contributed by atoms with Crippen molar-refractivity contribution in [2.45, 2.75) is 45.6 Å². The highest BCUT2D eigenvalue weighted by molar-refractivity contribution is 5.94. The highest BCUT2D eigenvalue weighted by atomic mass is 16.5. The smallest absolute Gasteiger partial charge is 0.337 e. The van der Waals surface area contributed by atoms with Gasteiger partial charge in [0.25, 0.3) is 0 Å². The van der Waals surface area contributed by atoms with Crippen molar-refractivity contribution in [3.8, 4) is 5.75 Å². The predicted octanol–water partition coefficient (Wildman–Crippen LogP) is 4.02. The summed E-state index contributed by atoms with van der Waals surface area (Å²) in [4.78, 5) is 11.4. The predicted molar refractivity (Wildman–Crippen MR) is 84.2 cm³/mol. The summed E-state index contributed by atoms with van der Waals surface area (Å²) in [5.41, 5.74) is 0.975. The Hall–Kier alpha value is -1.71. The molecule has 0 amide bonds. The number of carboxylic acid groups (broad SMARTS) is 1. The zero-order valence-electron chi connectivity index (χ0n) is 13.1. The van der Waals surface area contributed by atoms with Gasteiger partial charge in [-0.15, -0.1) is 0 Å². The standard InChI is InChI=1S/C17H25NO3/c1-11(2)13-6-4-5-7-15(13)18-16-10-12(21-3)8-9-14(16)17(19)20/h8-11,13,15,18H,4-7H2,1-3H3,(H,19,20). The summed E-state index contributed by atoms with van der Waals surface area (Å²) < 4.78 is 5.22. The molecular weight excluding hydrogens is 266 g/mol. The molecule has 1 aromatic rings. The number of hydrogen-bond acceptors (Lipinski definition) is 3. The highest BCUT2D eigenvalue weighted by Gasteiger charge is 2.28. The summed E-state index contributed by atoms with van der Waals surface area (Å²) in [5, 5.41) is 12.8. The van der Waals surface area contributed by atoms with Gasteiger partial charge < -0.3 is 15.2 Å². The molecule has 2 N–H and O–H groups in total. The summed E-state index contributed by atoms with van der Waals surface area (Å²) in [7, 11) is 1.59. The molecule has 116 valence electrons. The third kappa shape index (κ3) is 3.69. The lowest BCUT2D eigenvalue weighted by Gasteiger charge is -2.36. The molecule has 2 rings (SSSR count). The molecule has 0 heterocycles. The van der Waals surface area contributed by atoms with Crippen molar-refractivity contribution >= 4 is 11.7 Å². The Labute approximate surface area is 126 Å². The van der Waals surface area contributed by atoms with Gasteiger partial charge in [0.05, 0.1) is 18.4 Å². The molecule has 0 aliphatic heterocycles. The second-order valence-corrected chi connectivity index (χ2v) is 6.16. The number of ether oxygens (including phenoxy) is 1. The Balaban J connectivity index is 2.25. The molecule has 0 spiro atoms. The minimum absolute atomic E-state index is 0.309. The van der Waals surface area contributed by atoms with Crippen LogP contribution in [0.5, 0.6) is 5.75 Å². The molecule has 1 saturated carbocycles. The van der Waals surface area contributed by atoms with E-state index in [0.717, 1.165) is 6.42 Å². The van der Waals surface area contributed by atoms with Gasteiger partial charge in [-0.1, -0.05) is 26.7 Å². The maximum atomic E-state index is 11.4. The number of carbonyl (C=O) groups is 1. The number of rotatable bonds is 5. The fraction of sp³-hybridized carbons (Fsp3) is 0.588. The van der Waals surface area contributed by atoms with Crippen LogP contribution in [0.3, 0.4) is 0 Å². The summed E-state index contributed by atoms with van der Waals surface area (Å²) in [6.07, 6.45) is 4.78. The molecular formula is C17H25NO3. The Morgan fingerprint density at radius 1 is 1.33 bits per heavy atom. The Bertz CT molecular complexity index is 499. The molecule has 4 heteroatoms. The summed E-state index contributed by atoms with van der Waals surface area (Å²) in [5.74, 6) is 0.963. The number of nitrogens with one attached hydrogen (secondary N) is 1. The van der Waals surface area contributed by atoms with E-state index in [0.29, 0.717) is 34.9 Å². The van der Waals surface area contributed by atoms with Crippen molar-refractivity contribution in [2.75, 3.05) is 12.4 Å². The molecule has 1 aliphatic carbocycles. The Morgan fingerprint density at radius 2 is 2.05 bits per heavy atom. The molecule has 21 heavy (non-hydrogen) atoms. The van der Waals surface area contributed by atoms with Crippen LogP contribution in [0.1, 0.15) is 49.9 Å². The molecule has 4 nitrogen and oxygen atoms in total. The first-order valence-electron chi connectivity index (χ1n) is 7.70. The van der Waals surface area contributed by atoms with Crippen LogP contribution >= 0.6 is 0 Å². The van der Waals surface area contributed by atoms with Crippen LogP contribution in [0.4, 0.5) is 5.69 Å². The van der Waals surface area contributed by atoms with Crippen molar-refractivity contribution in [3.05, 3.63) is 23.8 Å². The number of methoxy groups -OCH3 is 1. The van der Waals surface area contributed by atoms with Crippen molar-refractivity contribution in [1.29, 1.82) is 0 Å². The quantitative estimate of drug-likeness (QED) is 0.860. The van der Waals surface area contributed by atoms with E-state index in [1.54, 1.807) is 25.3 Å². The van der Waals surface area contributed by atoms with Crippen LogP contribution in [0, 0.1) is 11.8 Å². The number of carboxylic acids is 1. The van der Waals surface area contributed by atoms with Crippen LogP contribution < -0.4 is 10.1 Å². The maximum Gasteiger partial charge on any atom is 0.337 e. The van der Waals surface area contributed by atoms with E-state index in [4.69, 9.17) is 4.74 Å². The second-order valence-electron chi connectivity index (χ2n) is 6.16. The fourth-order valence-electron chi connectivity index (χ4n) is 3.29. The van der Waals surface area contributed by atoms with Crippen LogP contribution in [-0.4, -0.2) is 24.2 Å². The number of aromatic carboxylic acids is 1. The summed E-state index contributed by atoms with van der Waals surface area (Å²) in [6.45, 7) is 4.49. The molecule has 0 aromatic heterocycles. The average molecular weight is 291 g/mol. The lowest BCUT2D eigenvalue weighted by Crippen LogP contribution is -2.35. The minimum Gasteiger partial charge on any atom is -0.497 e. The largest absolute Gasteiger partial charge is 0.497 e. The molecule has 1 fully saturated rings. The molecule has 0 saturated heterocycles.